The summed E-state index contributed by atoms with van der Waals surface area (Å²) in [5, 5.41) is 9.55. The van der Waals surface area contributed by atoms with Crippen molar-refractivity contribution in [1.29, 1.82) is 0 Å². The van der Waals surface area contributed by atoms with E-state index in [1.165, 1.54) is 24.6 Å². The molecule has 222 valence electrons. The second-order valence-electron chi connectivity index (χ2n) is 11.0. The van der Waals surface area contributed by atoms with Crippen LogP contribution in [0, 0.1) is 5.92 Å². The quantitative estimate of drug-likeness (QED) is 0.209. The monoisotopic (exact) mass is 605 g/mol. The molecule has 0 saturated heterocycles. The molecule has 0 unspecified atom stereocenters. The van der Waals surface area contributed by atoms with Gasteiger partial charge in [-0.1, -0.05) is 56.3 Å². The Morgan fingerprint density at radius 1 is 1.03 bits per heavy atom. The molecule has 0 spiro atoms. The van der Waals surface area contributed by atoms with Crippen LogP contribution in [0.1, 0.15) is 79.1 Å². The van der Waals surface area contributed by atoms with Gasteiger partial charge in [-0.2, -0.15) is 0 Å². The molecule has 0 bridgehead atoms. The summed E-state index contributed by atoms with van der Waals surface area (Å²) in [5.74, 6) is 0.328. The summed E-state index contributed by atoms with van der Waals surface area (Å²) in [6.07, 6.45) is 7.29. The third kappa shape index (κ3) is 12.5. The molecule has 0 aliphatic heterocycles. The van der Waals surface area contributed by atoms with Gasteiger partial charge in [-0.25, -0.2) is 22.7 Å². The van der Waals surface area contributed by atoms with E-state index in [-0.39, 0.29) is 46.7 Å². The van der Waals surface area contributed by atoms with Crippen LogP contribution < -0.4 is 20.7 Å². The fraction of sp³-hybridized carbons (Fsp3) is 0.704. The van der Waals surface area contributed by atoms with Crippen molar-refractivity contribution in [2.24, 2.45) is 5.92 Å². The molecule has 2 rings (SSSR count). The van der Waals surface area contributed by atoms with Gasteiger partial charge in [0.15, 0.2) is 0 Å². The molecule has 1 aliphatic carbocycles. The normalized spacial score (nSPS) is 15.3. The number of hydrogen-bond acceptors (Lipinski definition) is 4. The number of halogens is 2. The molecule has 4 amide bonds. The molecule has 1 saturated carbocycles. The molecule has 1 aromatic carbocycles. The van der Waals surface area contributed by atoms with Crippen LogP contribution in [-0.4, -0.2) is 63.1 Å². The fourth-order valence-corrected chi connectivity index (χ4v) is 6.54. The molecular weight excluding hydrogens is 561 g/mol. The third-order valence-corrected chi connectivity index (χ3v) is 8.68. The second-order valence-corrected chi connectivity index (χ2v) is 13.6. The third-order valence-electron chi connectivity index (χ3n) is 6.50. The molecule has 1 fully saturated rings. The first-order valence-corrected chi connectivity index (χ1v) is 16.2. The van der Waals surface area contributed by atoms with Crippen molar-refractivity contribution in [3.8, 4) is 0 Å². The van der Waals surface area contributed by atoms with Crippen LogP contribution in [0.15, 0.2) is 23.1 Å². The van der Waals surface area contributed by atoms with Crippen LogP contribution in [0.5, 0.6) is 0 Å². The minimum absolute atomic E-state index is 0.0272. The zero-order valence-corrected chi connectivity index (χ0v) is 25.9. The van der Waals surface area contributed by atoms with Crippen LogP contribution in [0.4, 0.5) is 9.59 Å². The molecule has 1 aromatic rings. The van der Waals surface area contributed by atoms with Gasteiger partial charge in [0.2, 0.25) is 10.0 Å². The Labute approximate surface area is 244 Å². The van der Waals surface area contributed by atoms with Gasteiger partial charge in [-0.3, -0.25) is 0 Å². The molecule has 1 aliphatic rings. The highest BCUT2D eigenvalue weighted by molar-refractivity contribution is 7.89. The number of rotatable bonds is 14. The first-order chi connectivity index (χ1) is 18.4. The Bertz CT molecular complexity index is 1030. The van der Waals surface area contributed by atoms with Gasteiger partial charge < -0.3 is 20.9 Å². The highest BCUT2D eigenvalue weighted by atomic mass is 35.5. The molecule has 0 aromatic heterocycles. The average molecular weight is 607 g/mol. The maximum absolute atomic E-state index is 13.0. The number of hydrogen-bond donors (Lipinski definition) is 4. The van der Waals surface area contributed by atoms with Gasteiger partial charge in [0, 0.05) is 42.8 Å². The van der Waals surface area contributed by atoms with Crippen molar-refractivity contribution >= 4 is 45.3 Å². The second kappa shape index (κ2) is 16.5. The number of nitrogens with zero attached hydrogens (tertiary/aromatic N) is 1. The molecule has 9 nitrogen and oxygen atoms in total. The van der Waals surface area contributed by atoms with Crippen molar-refractivity contribution in [3.05, 3.63) is 28.2 Å². The van der Waals surface area contributed by atoms with Crippen LogP contribution in [0.3, 0.4) is 0 Å². The lowest BCUT2D eigenvalue weighted by molar-refractivity contribution is 0.181. The summed E-state index contributed by atoms with van der Waals surface area (Å²) in [6, 6.07) is 3.79. The summed E-state index contributed by atoms with van der Waals surface area (Å²) < 4.78 is 27.8. The zero-order valence-electron chi connectivity index (χ0n) is 23.6. The van der Waals surface area contributed by atoms with Gasteiger partial charge in [0.25, 0.3) is 0 Å². The summed E-state index contributed by atoms with van der Waals surface area (Å²) >= 11 is 11.9. The van der Waals surface area contributed by atoms with E-state index in [0.29, 0.717) is 36.9 Å². The lowest BCUT2D eigenvalue weighted by Crippen LogP contribution is -2.53. The number of amides is 4. The van der Waals surface area contributed by atoms with Crippen molar-refractivity contribution < 1.29 is 18.0 Å². The number of urea groups is 2. The number of unbranched alkanes of at least 4 members (excludes halogenated alkanes) is 1. The predicted octanol–water partition coefficient (Wildman–Crippen LogP) is 5.52. The number of sulfonamides is 1. The lowest BCUT2D eigenvalue weighted by Gasteiger charge is -2.31. The molecule has 4 N–H and O–H groups in total. The summed E-state index contributed by atoms with van der Waals surface area (Å²) in [4.78, 5) is 27.4. The van der Waals surface area contributed by atoms with E-state index in [1.807, 2.05) is 13.8 Å². The standard InChI is InChI=1S/C27H45Cl2N5O4S/c1-19(2)16-23(33-26(35)32-22-10-6-5-7-11-22)18-34(27(36)31-20(3)4)15-9-8-14-30-39(37,38)25-13-12-21(28)17-24(25)29/h12-13,17,19-20,22-23,30H,5-11,14-16,18H2,1-4H3,(H,31,36)(H2,32,33,35)/t23-/m1/s1. The van der Waals surface area contributed by atoms with E-state index >= 15 is 0 Å². The Morgan fingerprint density at radius 3 is 2.33 bits per heavy atom. The van der Waals surface area contributed by atoms with Crippen molar-refractivity contribution in [2.45, 2.75) is 102 Å². The van der Waals surface area contributed by atoms with E-state index in [1.54, 1.807) is 4.90 Å². The highest BCUT2D eigenvalue weighted by Gasteiger charge is 2.24. The molecule has 1 atom stereocenters. The smallest absolute Gasteiger partial charge is 0.317 e. The summed E-state index contributed by atoms with van der Waals surface area (Å²) in [5.41, 5.74) is 0. The first-order valence-electron chi connectivity index (χ1n) is 13.9. The molecule has 0 heterocycles. The van der Waals surface area contributed by atoms with E-state index < -0.39 is 10.0 Å². The molecule has 39 heavy (non-hydrogen) atoms. The summed E-state index contributed by atoms with van der Waals surface area (Å²) in [7, 11) is -3.79. The van der Waals surface area contributed by atoms with Crippen molar-refractivity contribution in [2.75, 3.05) is 19.6 Å². The Hall–Kier alpha value is -1.75. The van der Waals surface area contributed by atoms with E-state index in [9.17, 15) is 18.0 Å². The maximum atomic E-state index is 13.0. The average Bonchev–Trinajstić information content (AvgIpc) is 2.82. The number of nitrogens with one attached hydrogen (secondary N) is 4. The first kappa shape index (κ1) is 33.5. The van der Waals surface area contributed by atoms with Gasteiger partial charge in [0.1, 0.15) is 4.90 Å². The number of carbonyl (C=O) groups is 2. The van der Waals surface area contributed by atoms with Crippen LogP contribution >= 0.6 is 23.2 Å². The molecule has 12 heteroatoms. The molecular formula is C27H45Cl2N5O4S. The van der Waals surface area contributed by atoms with Crippen molar-refractivity contribution in [3.63, 3.8) is 0 Å². The van der Waals surface area contributed by atoms with Crippen LogP contribution in [0.25, 0.3) is 0 Å². The minimum Gasteiger partial charge on any atom is -0.336 e. The van der Waals surface area contributed by atoms with Crippen LogP contribution in [0.2, 0.25) is 10.0 Å². The van der Waals surface area contributed by atoms with Crippen molar-refractivity contribution in [1.82, 2.24) is 25.6 Å². The SMILES string of the molecule is CC(C)C[C@H](CN(CCCCNS(=O)(=O)c1ccc(Cl)cc1Cl)C(=O)NC(C)C)NC(=O)NC1CCCCC1. The zero-order chi connectivity index (χ0) is 29.0. The number of benzene rings is 1. The highest BCUT2D eigenvalue weighted by Crippen LogP contribution is 2.24. The Kier molecular flexibility index (Phi) is 14.2. The van der Waals surface area contributed by atoms with Crippen LogP contribution in [-0.2, 0) is 10.0 Å². The predicted molar refractivity (Wildman–Crippen MR) is 158 cm³/mol. The van der Waals surface area contributed by atoms with Gasteiger partial charge >= 0.3 is 12.1 Å². The van der Waals surface area contributed by atoms with E-state index in [4.69, 9.17) is 23.2 Å². The van der Waals surface area contributed by atoms with Gasteiger partial charge in [0.05, 0.1) is 5.02 Å². The minimum atomic E-state index is -3.79. The topological polar surface area (TPSA) is 120 Å². The maximum Gasteiger partial charge on any atom is 0.317 e. The molecule has 0 radical (unpaired) electrons. The lowest BCUT2D eigenvalue weighted by atomic mass is 9.96. The van der Waals surface area contributed by atoms with Gasteiger partial charge in [-0.05, 0) is 70.1 Å². The van der Waals surface area contributed by atoms with E-state index in [0.717, 1.165) is 32.1 Å². The fourth-order valence-electron chi connectivity index (χ4n) is 4.69. The summed E-state index contributed by atoms with van der Waals surface area (Å²) in [6.45, 7) is 8.95. The Balaban J connectivity index is 1.95. The largest absolute Gasteiger partial charge is 0.336 e. The number of carbonyl (C=O) groups excluding carboxylic acids is 2. The Morgan fingerprint density at radius 2 is 1.72 bits per heavy atom. The van der Waals surface area contributed by atoms with E-state index in [2.05, 4.69) is 34.5 Å². The van der Waals surface area contributed by atoms with Gasteiger partial charge in [-0.15, -0.1) is 0 Å².